The van der Waals surface area contributed by atoms with Gasteiger partial charge in [0.05, 0.1) is 0 Å². The normalized spacial score (nSPS) is 10.8. The van der Waals surface area contributed by atoms with Crippen LogP contribution in [-0.2, 0) is 6.42 Å². The van der Waals surface area contributed by atoms with Gasteiger partial charge in [-0.15, -0.1) is 6.58 Å². The highest BCUT2D eigenvalue weighted by Gasteiger charge is 2.11. The zero-order valence-corrected chi connectivity index (χ0v) is 10.9. The van der Waals surface area contributed by atoms with E-state index in [0.717, 1.165) is 23.1 Å². The van der Waals surface area contributed by atoms with Gasteiger partial charge in [0, 0.05) is 5.56 Å². The lowest BCUT2D eigenvalue weighted by atomic mass is 10.0. The number of nitrogens with zero attached hydrogens (tertiary/aromatic N) is 1. The summed E-state index contributed by atoms with van der Waals surface area (Å²) in [6, 6.07) is 14.2. The minimum Gasteiger partial charge on any atom is -0.436 e. The van der Waals surface area contributed by atoms with Crippen molar-refractivity contribution in [1.29, 1.82) is 0 Å². The molecule has 0 aliphatic carbocycles. The number of allylic oxidation sites excluding steroid dienone is 1. The third-order valence-corrected chi connectivity index (χ3v) is 3.15. The monoisotopic (exact) mass is 249 g/mol. The second-order valence-corrected chi connectivity index (χ2v) is 4.64. The van der Waals surface area contributed by atoms with Crippen LogP contribution < -0.4 is 0 Å². The van der Waals surface area contributed by atoms with E-state index < -0.39 is 0 Å². The Labute approximate surface area is 112 Å². The standard InChI is InChI=1S/C17H15NO/c1-3-6-13-10-9-12(2)11-14(13)17-18-15-7-4-5-8-16(15)19-17/h3-5,7-11H,1,6H2,2H3. The van der Waals surface area contributed by atoms with Crippen LogP contribution >= 0.6 is 0 Å². The summed E-state index contributed by atoms with van der Waals surface area (Å²) in [6.45, 7) is 5.88. The molecule has 1 heterocycles. The van der Waals surface area contributed by atoms with Crippen molar-refractivity contribution in [2.45, 2.75) is 13.3 Å². The molecule has 0 radical (unpaired) electrons. The minimum atomic E-state index is 0.682. The van der Waals surface area contributed by atoms with Crippen molar-refractivity contribution in [3.8, 4) is 11.5 Å². The van der Waals surface area contributed by atoms with E-state index in [0.29, 0.717) is 5.89 Å². The molecule has 0 atom stereocenters. The molecule has 2 heteroatoms. The average molecular weight is 249 g/mol. The van der Waals surface area contributed by atoms with E-state index in [-0.39, 0.29) is 0 Å². The van der Waals surface area contributed by atoms with E-state index in [2.05, 4.69) is 36.7 Å². The molecule has 3 aromatic rings. The fourth-order valence-corrected chi connectivity index (χ4v) is 2.21. The van der Waals surface area contributed by atoms with Crippen molar-refractivity contribution < 1.29 is 4.42 Å². The molecule has 2 nitrogen and oxygen atoms in total. The topological polar surface area (TPSA) is 26.0 Å². The van der Waals surface area contributed by atoms with Crippen LogP contribution in [-0.4, -0.2) is 4.98 Å². The van der Waals surface area contributed by atoms with Gasteiger partial charge in [-0.05, 0) is 37.1 Å². The fourth-order valence-electron chi connectivity index (χ4n) is 2.21. The summed E-state index contributed by atoms with van der Waals surface area (Å²) in [5.41, 5.74) is 5.15. The minimum absolute atomic E-state index is 0.682. The number of fused-ring (bicyclic) bond motifs is 1. The second-order valence-electron chi connectivity index (χ2n) is 4.64. The maximum absolute atomic E-state index is 5.85. The third-order valence-electron chi connectivity index (χ3n) is 3.15. The molecule has 0 unspecified atom stereocenters. The summed E-state index contributed by atoms with van der Waals surface area (Å²) in [5, 5.41) is 0. The Morgan fingerprint density at radius 3 is 2.84 bits per heavy atom. The molecule has 0 aliphatic heterocycles. The molecule has 0 fully saturated rings. The van der Waals surface area contributed by atoms with Crippen LogP contribution in [0.25, 0.3) is 22.6 Å². The highest BCUT2D eigenvalue weighted by atomic mass is 16.3. The van der Waals surface area contributed by atoms with Crippen LogP contribution in [0.4, 0.5) is 0 Å². The smallest absolute Gasteiger partial charge is 0.227 e. The Hall–Kier alpha value is -2.35. The average Bonchev–Trinajstić information content (AvgIpc) is 2.84. The summed E-state index contributed by atoms with van der Waals surface area (Å²) in [5.74, 6) is 0.682. The van der Waals surface area contributed by atoms with Crippen molar-refractivity contribution in [1.82, 2.24) is 4.98 Å². The van der Waals surface area contributed by atoms with Crippen LogP contribution in [0.3, 0.4) is 0 Å². The molecule has 3 rings (SSSR count). The van der Waals surface area contributed by atoms with Crippen LogP contribution in [0.15, 0.2) is 59.5 Å². The lowest BCUT2D eigenvalue weighted by Gasteiger charge is -2.05. The molecular formula is C17H15NO. The molecular weight excluding hydrogens is 234 g/mol. The van der Waals surface area contributed by atoms with Gasteiger partial charge in [0.25, 0.3) is 0 Å². The first-order valence-corrected chi connectivity index (χ1v) is 6.34. The predicted molar refractivity (Wildman–Crippen MR) is 78.1 cm³/mol. The molecule has 0 saturated heterocycles. The number of para-hydroxylation sites is 2. The zero-order chi connectivity index (χ0) is 13.2. The second kappa shape index (κ2) is 4.73. The van der Waals surface area contributed by atoms with Crippen molar-refractivity contribution in [2.75, 3.05) is 0 Å². The van der Waals surface area contributed by atoms with Crippen molar-refractivity contribution in [3.63, 3.8) is 0 Å². The van der Waals surface area contributed by atoms with Gasteiger partial charge in [0.15, 0.2) is 5.58 Å². The fraction of sp³-hybridized carbons (Fsp3) is 0.118. The predicted octanol–water partition coefficient (Wildman–Crippen LogP) is 4.53. The lowest BCUT2D eigenvalue weighted by Crippen LogP contribution is -1.89. The van der Waals surface area contributed by atoms with E-state index in [4.69, 9.17) is 4.42 Å². The molecule has 19 heavy (non-hydrogen) atoms. The molecule has 0 spiro atoms. The highest BCUT2D eigenvalue weighted by Crippen LogP contribution is 2.28. The number of aromatic nitrogens is 1. The van der Waals surface area contributed by atoms with Gasteiger partial charge in [-0.3, -0.25) is 0 Å². The number of hydrogen-bond acceptors (Lipinski definition) is 2. The Morgan fingerprint density at radius 1 is 1.21 bits per heavy atom. The van der Waals surface area contributed by atoms with Crippen LogP contribution in [0, 0.1) is 6.92 Å². The molecule has 0 aliphatic rings. The van der Waals surface area contributed by atoms with E-state index in [1.165, 1.54) is 11.1 Å². The molecule has 0 saturated carbocycles. The Kier molecular flexibility index (Phi) is 2.92. The first-order chi connectivity index (χ1) is 9.28. The largest absolute Gasteiger partial charge is 0.436 e. The molecule has 0 N–H and O–H groups in total. The number of aryl methyl sites for hydroxylation is 1. The summed E-state index contributed by atoms with van der Waals surface area (Å²) in [6.07, 6.45) is 2.71. The molecule has 94 valence electrons. The lowest BCUT2D eigenvalue weighted by molar-refractivity contribution is 0.619. The van der Waals surface area contributed by atoms with Crippen LogP contribution in [0.2, 0.25) is 0 Å². The number of oxazole rings is 1. The molecule has 0 amide bonds. The van der Waals surface area contributed by atoms with Crippen LogP contribution in [0.5, 0.6) is 0 Å². The third kappa shape index (κ3) is 2.17. The summed E-state index contributed by atoms with van der Waals surface area (Å²) in [4.78, 5) is 4.57. The van der Waals surface area contributed by atoms with Gasteiger partial charge in [0.1, 0.15) is 5.52 Å². The molecule has 2 aromatic carbocycles. The van der Waals surface area contributed by atoms with Crippen molar-refractivity contribution in [2.24, 2.45) is 0 Å². The van der Waals surface area contributed by atoms with Crippen LogP contribution in [0.1, 0.15) is 11.1 Å². The first kappa shape index (κ1) is 11.7. The molecule has 0 bridgehead atoms. The number of hydrogen-bond donors (Lipinski definition) is 0. The van der Waals surface area contributed by atoms with Gasteiger partial charge >= 0.3 is 0 Å². The van der Waals surface area contributed by atoms with Gasteiger partial charge < -0.3 is 4.42 Å². The van der Waals surface area contributed by atoms with Crippen molar-refractivity contribution in [3.05, 3.63) is 66.2 Å². The maximum Gasteiger partial charge on any atom is 0.227 e. The quantitative estimate of drug-likeness (QED) is 0.637. The van der Waals surface area contributed by atoms with Gasteiger partial charge in [-0.1, -0.05) is 35.9 Å². The highest BCUT2D eigenvalue weighted by molar-refractivity contribution is 5.76. The molecule has 1 aromatic heterocycles. The van der Waals surface area contributed by atoms with E-state index in [1.807, 2.05) is 30.3 Å². The van der Waals surface area contributed by atoms with E-state index in [1.54, 1.807) is 0 Å². The number of benzene rings is 2. The summed E-state index contributed by atoms with van der Waals surface area (Å²) in [7, 11) is 0. The van der Waals surface area contributed by atoms with E-state index in [9.17, 15) is 0 Å². The van der Waals surface area contributed by atoms with Gasteiger partial charge in [-0.25, -0.2) is 4.98 Å². The van der Waals surface area contributed by atoms with Gasteiger partial charge in [0.2, 0.25) is 5.89 Å². The SMILES string of the molecule is C=CCc1ccc(C)cc1-c1nc2ccccc2o1. The first-order valence-electron chi connectivity index (χ1n) is 6.34. The van der Waals surface area contributed by atoms with E-state index >= 15 is 0 Å². The maximum atomic E-state index is 5.85. The summed E-state index contributed by atoms with van der Waals surface area (Å²) < 4.78 is 5.85. The Morgan fingerprint density at radius 2 is 2.05 bits per heavy atom. The zero-order valence-electron chi connectivity index (χ0n) is 10.9. The summed E-state index contributed by atoms with van der Waals surface area (Å²) >= 11 is 0. The number of rotatable bonds is 3. The Bertz CT molecular complexity index is 707. The van der Waals surface area contributed by atoms with Gasteiger partial charge in [-0.2, -0.15) is 0 Å². The van der Waals surface area contributed by atoms with Crippen molar-refractivity contribution >= 4 is 11.1 Å². The Balaban J connectivity index is 2.19.